The van der Waals surface area contributed by atoms with Gasteiger partial charge in [-0.25, -0.2) is 0 Å². The average Bonchev–Trinajstić information content (AvgIpc) is 2.10. The molecule has 1 unspecified atom stereocenters. The second-order valence-electron chi connectivity index (χ2n) is 2.90. The highest BCUT2D eigenvalue weighted by molar-refractivity contribution is 5.72. The van der Waals surface area contributed by atoms with Crippen molar-refractivity contribution in [1.82, 2.24) is 10.6 Å². The highest BCUT2D eigenvalue weighted by Crippen LogP contribution is 1.94. The summed E-state index contributed by atoms with van der Waals surface area (Å²) in [4.78, 5) is 10.5. The molecule has 0 aromatic rings. The molecule has 0 aliphatic rings. The third-order valence-electron chi connectivity index (χ3n) is 1.76. The van der Waals surface area contributed by atoms with Gasteiger partial charge >= 0.3 is 0 Å². The van der Waals surface area contributed by atoms with Crippen molar-refractivity contribution in [2.45, 2.75) is 32.7 Å². The Kier molecular flexibility index (Phi) is 6.93. The standard InChI is InChI=1S/C9H17N3O/c1-3-9(4-5-10)12-7-6-11-8(2)13/h9,12H,3-4,6-7H2,1-2H3,(H,11,13). The quantitative estimate of drug-likeness (QED) is 0.586. The highest BCUT2D eigenvalue weighted by Gasteiger charge is 2.02. The molecule has 2 N–H and O–H groups in total. The van der Waals surface area contributed by atoms with E-state index in [0.29, 0.717) is 13.0 Å². The number of nitriles is 1. The molecule has 0 aromatic carbocycles. The van der Waals surface area contributed by atoms with Crippen LogP contribution >= 0.6 is 0 Å². The van der Waals surface area contributed by atoms with E-state index in [1.54, 1.807) is 0 Å². The Morgan fingerprint density at radius 2 is 2.23 bits per heavy atom. The van der Waals surface area contributed by atoms with E-state index in [1.165, 1.54) is 6.92 Å². The SMILES string of the molecule is CCC(CC#N)NCCNC(C)=O. The Bertz CT molecular complexity index is 186. The van der Waals surface area contributed by atoms with Gasteiger partial charge in [0.25, 0.3) is 0 Å². The van der Waals surface area contributed by atoms with Gasteiger partial charge in [0.05, 0.1) is 12.5 Å². The van der Waals surface area contributed by atoms with Crippen molar-refractivity contribution in [1.29, 1.82) is 5.26 Å². The molecule has 0 spiro atoms. The predicted molar refractivity (Wildman–Crippen MR) is 51.0 cm³/mol. The van der Waals surface area contributed by atoms with E-state index in [2.05, 4.69) is 16.7 Å². The van der Waals surface area contributed by atoms with Gasteiger partial charge in [0.2, 0.25) is 5.91 Å². The van der Waals surface area contributed by atoms with Crippen LogP contribution in [-0.2, 0) is 4.79 Å². The van der Waals surface area contributed by atoms with Crippen LogP contribution in [0.15, 0.2) is 0 Å². The van der Waals surface area contributed by atoms with Crippen LogP contribution in [0, 0.1) is 11.3 Å². The van der Waals surface area contributed by atoms with E-state index in [1.807, 2.05) is 6.92 Å². The molecular formula is C9H17N3O. The van der Waals surface area contributed by atoms with Gasteiger partial charge in [-0.1, -0.05) is 6.92 Å². The largest absolute Gasteiger partial charge is 0.355 e. The number of hydrogen-bond acceptors (Lipinski definition) is 3. The summed E-state index contributed by atoms with van der Waals surface area (Å²) in [5.74, 6) is -0.0184. The first-order valence-corrected chi connectivity index (χ1v) is 4.55. The third-order valence-corrected chi connectivity index (χ3v) is 1.76. The Hall–Kier alpha value is -1.08. The summed E-state index contributed by atoms with van der Waals surface area (Å²) in [6, 6.07) is 2.37. The summed E-state index contributed by atoms with van der Waals surface area (Å²) < 4.78 is 0. The van der Waals surface area contributed by atoms with E-state index in [0.717, 1.165) is 13.0 Å². The summed E-state index contributed by atoms with van der Waals surface area (Å²) in [7, 11) is 0. The molecule has 0 saturated carbocycles. The van der Waals surface area contributed by atoms with Crippen molar-refractivity contribution in [2.24, 2.45) is 0 Å². The molecule has 0 heterocycles. The monoisotopic (exact) mass is 183 g/mol. The van der Waals surface area contributed by atoms with Gasteiger partial charge in [0.1, 0.15) is 0 Å². The Morgan fingerprint density at radius 3 is 2.69 bits per heavy atom. The minimum atomic E-state index is -0.0184. The minimum Gasteiger partial charge on any atom is -0.355 e. The van der Waals surface area contributed by atoms with E-state index in [4.69, 9.17) is 5.26 Å². The van der Waals surface area contributed by atoms with Crippen molar-refractivity contribution in [2.75, 3.05) is 13.1 Å². The van der Waals surface area contributed by atoms with Gasteiger partial charge in [-0.15, -0.1) is 0 Å². The van der Waals surface area contributed by atoms with Gasteiger partial charge in [0.15, 0.2) is 0 Å². The van der Waals surface area contributed by atoms with Gasteiger partial charge < -0.3 is 10.6 Å². The van der Waals surface area contributed by atoms with Gasteiger partial charge in [-0.05, 0) is 6.42 Å². The van der Waals surface area contributed by atoms with E-state index >= 15 is 0 Å². The lowest BCUT2D eigenvalue weighted by Gasteiger charge is -2.12. The number of carbonyl (C=O) groups is 1. The number of nitrogens with zero attached hydrogens (tertiary/aromatic N) is 1. The summed E-state index contributed by atoms with van der Waals surface area (Å²) in [6.45, 7) is 4.87. The first-order valence-electron chi connectivity index (χ1n) is 4.55. The normalized spacial score (nSPS) is 11.8. The second-order valence-corrected chi connectivity index (χ2v) is 2.90. The first-order chi connectivity index (χ1) is 6.20. The van der Waals surface area contributed by atoms with Crippen LogP contribution in [0.1, 0.15) is 26.7 Å². The minimum absolute atomic E-state index is 0.0184. The first kappa shape index (κ1) is 11.9. The Balaban J connectivity index is 3.39. The fraction of sp³-hybridized carbons (Fsp3) is 0.778. The number of nitrogens with one attached hydrogen (secondary N) is 2. The summed E-state index contributed by atoms with van der Waals surface area (Å²) in [5, 5.41) is 14.3. The molecule has 0 aliphatic heterocycles. The number of amides is 1. The molecular weight excluding hydrogens is 166 g/mol. The molecule has 1 amide bonds. The predicted octanol–water partition coefficient (Wildman–Crippen LogP) is 0.404. The van der Waals surface area contributed by atoms with Crippen molar-refractivity contribution >= 4 is 5.91 Å². The summed E-state index contributed by atoms with van der Waals surface area (Å²) in [6.07, 6.45) is 1.46. The number of carbonyl (C=O) groups excluding carboxylic acids is 1. The molecule has 0 bridgehead atoms. The molecule has 0 aliphatic carbocycles. The van der Waals surface area contributed by atoms with Crippen molar-refractivity contribution in [3.63, 3.8) is 0 Å². The molecule has 0 fully saturated rings. The van der Waals surface area contributed by atoms with Crippen LogP contribution in [0.4, 0.5) is 0 Å². The zero-order valence-corrected chi connectivity index (χ0v) is 8.26. The van der Waals surface area contributed by atoms with E-state index in [-0.39, 0.29) is 11.9 Å². The lowest BCUT2D eigenvalue weighted by atomic mass is 10.2. The van der Waals surface area contributed by atoms with E-state index < -0.39 is 0 Å². The zero-order valence-electron chi connectivity index (χ0n) is 8.26. The Morgan fingerprint density at radius 1 is 1.54 bits per heavy atom. The molecule has 0 saturated heterocycles. The van der Waals surface area contributed by atoms with Gasteiger partial charge in [0, 0.05) is 26.1 Å². The van der Waals surface area contributed by atoms with Crippen LogP contribution in [0.3, 0.4) is 0 Å². The molecule has 1 atom stereocenters. The fourth-order valence-electron chi connectivity index (χ4n) is 0.986. The molecule has 4 nitrogen and oxygen atoms in total. The molecule has 74 valence electrons. The maximum atomic E-state index is 10.5. The van der Waals surface area contributed by atoms with Crippen LogP contribution in [0.2, 0.25) is 0 Å². The van der Waals surface area contributed by atoms with Crippen LogP contribution in [0.5, 0.6) is 0 Å². The summed E-state index contributed by atoms with van der Waals surface area (Å²) in [5.41, 5.74) is 0. The zero-order chi connectivity index (χ0) is 10.1. The highest BCUT2D eigenvalue weighted by atomic mass is 16.1. The Labute approximate surface area is 79.3 Å². The maximum Gasteiger partial charge on any atom is 0.216 e. The average molecular weight is 183 g/mol. The van der Waals surface area contributed by atoms with Crippen molar-refractivity contribution in [3.8, 4) is 6.07 Å². The number of hydrogen-bond donors (Lipinski definition) is 2. The molecule has 0 radical (unpaired) electrons. The fourth-order valence-corrected chi connectivity index (χ4v) is 0.986. The van der Waals surface area contributed by atoms with Crippen LogP contribution in [-0.4, -0.2) is 25.0 Å². The number of rotatable bonds is 6. The molecule has 0 aromatic heterocycles. The summed E-state index contributed by atoms with van der Waals surface area (Å²) >= 11 is 0. The molecule has 4 heteroatoms. The van der Waals surface area contributed by atoms with Crippen molar-refractivity contribution in [3.05, 3.63) is 0 Å². The smallest absolute Gasteiger partial charge is 0.216 e. The third kappa shape index (κ3) is 7.29. The van der Waals surface area contributed by atoms with Gasteiger partial charge in [-0.2, -0.15) is 5.26 Å². The molecule has 13 heavy (non-hydrogen) atoms. The maximum absolute atomic E-state index is 10.5. The molecule has 0 rings (SSSR count). The lowest BCUT2D eigenvalue weighted by Crippen LogP contribution is -2.35. The van der Waals surface area contributed by atoms with E-state index in [9.17, 15) is 4.79 Å². The lowest BCUT2D eigenvalue weighted by molar-refractivity contribution is -0.118. The van der Waals surface area contributed by atoms with Gasteiger partial charge in [-0.3, -0.25) is 4.79 Å². The second kappa shape index (κ2) is 7.56. The topological polar surface area (TPSA) is 64.9 Å². The van der Waals surface area contributed by atoms with Crippen LogP contribution < -0.4 is 10.6 Å². The van der Waals surface area contributed by atoms with Crippen LogP contribution in [0.25, 0.3) is 0 Å². The van der Waals surface area contributed by atoms with Crippen molar-refractivity contribution < 1.29 is 4.79 Å².